The van der Waals surface area contributed by atoms with Crippen LogP contribution in [0.5, 0.6) is 0 Å². The Bertz CT molecular complexity index is 521. The molecular formula is C14H16N2O2S. The molecule has 2 rings (SSSR count). The van der Waals surface area contributed by atoms with Crippen molar-refractivity contribution in [3.63, 3.8) is 0 Å². The van der Waals surface area contributed by atoms with Gasteiger partial charge in [-0.2, -0.15) is 0 Å². The first-order valence-electron chi connectivity index (χ1n) is 6.08. The van der Waals surface area contributed by atoms with Gasteiger partial charge < -0.3 is 10.1 Å². The zero-order valence-corrected chi connectivity index (χ0v) is 11.7. The van der Waals surface area contributed by atoms with Gasteiger partial charge in [0.2, 0.25) is 0 Å². The molecule has 1 N–H and O–H groups in total. The summed E-state index contributed by atoms with van der Waals surface area (Å²) in [4.78, 5) is 15.9. The van der Waals surface area contributed by atoms with E-state index in [-0.39, 0.29) is 12.1 Å². The smallest absolute Gasteiger partial charge is 0.338 e. The van der Waals surface area contributed by atoms with Crippen LogP contribution in [0.2, 0.25) is 0 Å². The van der Waals surface area contributed by atoms with Crippen LogP contribution in [-0.2, 0) is 11.3 Å². The lowest BCUT2D eigenvalue weighted by atomic mass is 10.2. The Kier molecular flexibility index (Phi) is 4.52. The fraction of sp³-hybridized carbons (Fsp3) is 0.286. The van der Waals surface area contributed by atoms with Crippen molar-refractivity contribution < 1.29 is 9.53 Å². The first kappa shape index (κ1) is 13.5. The summed E-state index contributed by atoms with van der Waals surface area (Å²) < 4.78 is 5.13. The SMILES string of the molecule is CC(C)OC(=O)c1ccc(NCc2nccs2)cc1. The first-order chi connectivity index (χ1) is 9.15. The molecule has 19 heavy (non-hydrogen) atoms. The number of carbonyl (C=O) groups is 1. The van der Waals surface area contributed by atoms with Gasteiger partial charge in [-0.25, -0.2) is 9.78 Å². The van der Waals surface area contributed by atoms with Crippen molar-refractivity contribution in [3.8, 4) is 0 Å². The van der Waals surface area contributed by atoms with Gasteiger partial charge in [-0.15, -0.1) is 11.3 Å². The maximum Gasteiger partial charge on any atom is 0.338 e. The van der Waals surface area contributed by atoms with Crippen LogP contribution in [0.3, 0.4) is 0 Å². The number of carbonyl (C=O) groups excluding carboxylic acids is 1. The predicted octanol–water partition coefficient (Wildman–Crippen LogP) is 3.32. The molecule has 1 heterocycles. The normalized spacial score (nSPS) is 10.5. The molecule has 2 aromatic rings. The third-order valence-corrected chi connectivity index (χ3v) is 3.17. The summed E-state index contributed by atoms with van der Waals surface area (Å²) in [5.41, 5.74) is 1.52. The average Bonchev–Trinajstić information content (AvgIpc) is 2.89. The summed E-state index contributed by atoms with van der Waals surface area (Å²) in [5, 5.41) is 6.23. The van der Waals surface area contributed by atoms with Gasteiger partial charge in [-0.05, 0) is 38.1 Å². The van der Waals surface area contributed by atoms with Crippen LogP contribution in [0, 0.1) is 0 Å². The second kappa shape index (κ2) is 6.33. The molecule has 0 bridgehead atoms. The highest BCUT2D eigenvalue weighted by molar-refractivity contribution is 7.09. The van der Waals surface area contributed by atoms with Crippen molar-refractivity contribution in [1.29, 1.82) is 0 Å². The molecule has 0 spiro atoms. The van der Waals surface area contributed by atoms with E-state index in [4.69, 9.17) is 4.74 Å². The Balaban J connectivity index is 1.92. The molecule has 100 valence electrons. The minimum absolute atomic E-state index is 0.102. The van der Waals surface area contributed by atoms with E-state index in [1.165, 1.54) is 0 Å². The van der Waals surface area contributed by atoms with Crippen LogP contribution in [0.15, 0.2) is 35.8 Å². The highest BCUT2D eigenvalue weighted by Gasteiger charge is 2.08. The summed E-state index contributed by atoms with van der Waals surface area (Å²) in [6.07, 6.45) is 1.68. The van der Waals surface area contributed by atoms with Gasteiger partial charge in [-0.3, -0.25) is 0 Å². The number of hydrogen-bond acceptors (Lipinski definition) is 5. The van der Waals surface area contributed by atoms with Crippen molar-refractivity contribution in [2.75, 3.05) is 5.32 Å². The van der Waals surface area contributed by atoms with Crippen LogP contribution in [0.1, 0.15) is 29.2 Å². The van der Waals surface area contributed by atoms with E-state index in [1.807, 2.05) is 31.4 Å². The summed E-state index contributed by atoms with van der Waals surface area (Å²) in [6, 6.07) is 7.25. The second-order valence-corrected chi connectivity index (χ2v) is 5.29. The molecule has 1 aromatic heterocycles. The van der Waals surface area contributed by atoms with Crippen LogP contribution in [0.4, 0.5) is 5.69 Å². The Hall–Kier alpha value is -1.88. The number of rotatable bonds is 5. The highest BCUT2D eigenvalue weighted by Crippen LogP contribution is 2.13. The van der Waals surface area contributed by atoms with Crippen LogP contribution in [0.25, 0.3) is 0 Å². The molecule has 0 radical (unpaired) electrons. The van der Waals surface area contributed by atoms with E-state index in [9.17, 15) is 4.79 Å². The summed E-state index contributed by atoms with van der Waals surface area (Å²) >= 11 is 1.61. The van der Waals surface area contributed by atoms with Crippen molar-refractivity contribution in [2.45, 2.75) is 26.5 Å². The largest absolute Gasteiger partial charge is 0.459 e. The van der Waals surface area contributed by atoms with E-state index < -0.39 is 0 Å². The van der Waals surface area contributed by atoms with Crippen molar-refractivity contribution in [2.24, 2.45) is 0 Å². The Morgan fingerprint density at radius 2 is 2.11 bits per heavy atom. The lowest BCUT2D eigenvalue weighted by Crippen LogP contribution is -2.11. The molecule has 0 atom stereocenters. The maximum absolute atomic E-state index is 11.7. The molecule has 0 aliphatic carbocycles. The summed E-state index contributed by atoms with van der Waals surface area (Å²) in [6.45, 7) is 4.36. The van der Waals surface area contributed by atoms with E-state index in [0.717, 1.165) is 10.7 Å². The molecular weight excluding hydrogens is 260 g/mol. The van der Waals surface area contributed by atoms with Crippen LogP contribution < -0.4 is 5.32 Å². The van der Waals surface area contributed by atoms with Gasteiger partial charge >= 0.3 is 5.97 Å². The number of anilines is 1. The molecule has 4 nitrogen and oxygen atoms in total. The molecule has 0 aliphatic rings. The van der Waals surface area contributed by atoms with Crippen molar-refractivity contribution >= 4 is 23.0 Å². The minimum Gasteiger partial charge on any atom is -0.459 e. The van der Waals surface area contributed by atoms with E-state index in [1.54, 1.807) is 29.7 Å². The van der Waals surface area contributed by atoms with Gasteiger partial charge in [0.15, 0.2) is 0 Å². The fourth-order valence-corrected chi connectivity index (χ4v) is 2.08. The van der Waals surface area contributed by atoms with E-state index in [0.29, 0.717) is 12.1 Å². The number of nitrogens with zero attached hydrogens (tertiary/aromatic N) is 1. The second-order valence-electron chi connectivity index (χ2n) is 4.31. The predicted molar refractivity (Wildman–Crippen MR) is 76.4 cm³/mol. The maximum atomic E-state index is 11.7. The van der Waals surface area contributed by atoms with E-state index >= 15 is 0 Å². The standard InChI is InChI=1S/C14H16N2O2S/c1-10(2)18-14(17)11-3-5-12(6-4-11)16-9-13-15-7-8-19-13/h3-8,10,16H,9H2,1-2H3. The number of benzene rings is 1. The van der Waals surface area contributed by atoms with Crippen molar-refractivity contribution in [1.82, 2.24) is 4.98 Å². The van der Waals surface area contributed by atoms with Gasteiger partial charge in [0.1, 0.15) is 5.01 Å². The topological polar surface area (TPSA) is 51.2 Å². The van der Waals surface area contributed by atoms with Crippen LogP contribution in [-0.4, -0.2) is 17.1 Å². The lowest BCUT2D eigenvalue weighted by Gasteiger charge is -2.09. The molecule has 1 aromatic carbocycles. The third kappa shape index (κ3) is 4.06. The minimum atomic E-state index is -0.290. The Morgan fingerprint density at radius 1 is 1.37 bits per heavy atom. The third-order valence-electron chi connectivity index (χ3n) is 2.39. The molecule has 0 fully saturated rings. The van der Waals surface area contributed by atoms with Gasteiger partial charge in [0.25, 0.3) is 0 Å². The number of ether oxygens (including phenoxy) is 1. The van der Waals surface area contributed by atoms with Crippen LogP contribution >= 0.6 is 11.3 Å². The zero-order valence-electron chi connectivity index (χ0n) is 10.9. The number of nitrogens with one attached hydrogen (secondary N) is 1. The molecule has 0 saturated carbocycles. The lowest BCUT2D eigenvalue weighted by molar-refractivity contribution is 0.0378. The van der Waals surface area contributed by atoms with E-state index in [2.05, 4.69) is 10.3 Å². The fourth-order valence-electron chi connectivity index (χ4n) is 1.52. The quantitative estimate of drug-likeness (QED) is 0.851. The highest BCUT2D eigenvalue weighted by atomic mass is 32.1. The number of hydrogen-bond donors (Lipinski definition) is 1. The molecule has 0 saturated heterocycles. The van der Waals surface area contributed by atoms with Gasteiger partial charge in [0.05, 0.1) is 18.2 Å². The molecule has 0 unspecified atom stereocenters. The molecule has 0 aliphatic heterocycles. The monoisotopic (exact) mass is 276 g/mol. The Labute approximate surface area is 116 Å². The zero-order chi connectivity index (χ0) is 13.7. The number of thiazole rings is 1. The van der Waals surface area contributed by atoms with Gasteiger partial charge in [-0.1, -0.05) is 0 Å². The summed E-state index contributed by atoms with van der Waals surface area (Å²) in [7, 11) is 0. The first-order valence-corrected chi connectivity index (χ1v) is 6.96. The summed E-state index contributed by atoms with van der Waals surface area (Å²) in [5.74, 6) is -0.290. The number of esters is 1. The Morgan fingerprint density at radius 3 is 2.68 bits per heavy atom. The molecule has 5 heteroatoms. The number of aromatic nitrogens is 1. The van der Waals surface area contributed by atoms with Crippen molar-refractivity contribution in [3.05, 3.63) is 46.4 Å². The average molecular weight is 276 g/mol. The molecule has 0 amide bonds. The van der Waals surface area contributed by atoms with Gasteiger partial charge in [0, 0.05) is 17.3 Å².